The van der Waals surface area contributed by atoms with E-state index in [0.29, 0.717) is 5.56 Å². The number of hydrogen-bond acceptors (Lipinski definition) is 2. The molecule has 0 amide bonds. The summed E-state index contributed by atoms with van der Waals surface area (Å²) in [5.74, 6) is -0.0526. The second-order valence-electron chi connectivity index (χ2n) is 4.06. The molecule has 2 rings (SSSR count). The fourth-order valence-electron chi connectivity index (χ4n) is 1.62. The molecule has 0 saturated carbocycles. The van der Waals surface area contributed by atoms with Gasteiger partial charge in [0.05, 0.1) is 6.04 Å². The normalized spacial score (nSPS) is 12.8. The number of para-hydroxylation sites is 1. The van der Waals surface area contributed by atoms with Gasteiger partial charge in [0.2, 0.25) is 0 Å². The summed E-state index contributed by atoms with van der Waals surface area (Å²) in [6.07, 6.45) is 1.63. The van der Waals surface area contributed by atoms with Crippen LogP contribution in [0, 0.1) is 5.82 Å². The Kier molecular flexibility index (Phi) is 3.72. The molecule has 0 bridgehead atoms. The van der Waals surface area contributed by atoms with Gasteiger partial charge in [-0.05, 0) is 36.8 Å². The lowest BCUT2D eigenvalue weighted by Gasteiger charge is -2.06. The summed E-state index contributed by atoms with van der Waals surface area (Å²) in [4.78, 5) is 4.35. The maximum Gasteiger partial charge on any atom is 0.124 e. The third kappa shape index (κ3) is 2.94. The van der Waals surface area contributed by atoms with Gasteiger partial charge in [-0.3, -0.25) is 4.99 Å². The minimum absolute atomic E-state index is 0.0785. The molecule has 2 aromatic carbocycles. The minimum atomic E-state index is -0.254. The lowest BCUT2D eigenvalue weighted by molar-refractivity contribution is 0.474. The first kappa shape index (κ1) is 12.3. The summed E-state index contributed by atoms with van der Waals surface area (Å²) in [7, 11) is 0. The molecular weight excluding hydrogens is 229 g/mol. The van der Waals surface area contributed by atoms with E-state index in [2.05, 4.69) is 4.99 Å². The molecule has 0 heterocycles. The maximum absolute atomic E-state index is 12.8. The number of halogens is 1. The molecular formula is C15H14FNO. The summed E-state index contributed by atoms with van der Waals surface area (Å²) in [5, 5.41) is 9.59. The third-order valence-electron chi connectivity index (χ3n) is 2.73. The Hall–Kier alpha value is -2.16. The number of phenolic OH excluding ortho intramolecular Hbond substituents is 1. The van der Waals surface area contributed by atoms with Crippen LogP contribution in [-0.4, -0.2) is 11.3 Å². The Morgan fingerprint density at radius 3 is 2.44 bits per heavy atom. The number of phenols is 1. The lowest BCUT2D eigenvalue weighted by Crippen LogP contribution is -1.91. The van der Waals surface area contributed by atoms with Crippen LogP contribution in [0.1, 0.15) is 24.1 Å². The molecule has 0 unspecified atom stereocenters. The van der Waals surface area contributed by atoms with E-state index in [1.165, 1.54) is 12.1 Å². The average molecular weight is 243 g/mol. The first-order valence-corrected chi connectivity index (χ1v) is 5.73. The molecule has 18 heavy (non-hydrogen) atoms. The molecule has 1 atom stereocenters. The maximum atomic E-state index is 12.8. The Morgan fingerprint density at radius 2 is 1.78 bits per heavy atom. The predicted octanol–water partition coefficient (Wildman–Crippen LogP) is 3.71. The fraction of sp³-hybridized carbons (Fsp3) is 0.133. The molecule has 3 heteroatoms. The molecule has 0 radical (unpaired) electrons. The van der Waals surface area contributed by atoms with Gasteiger partial charge in [0, 0.05) is 11.8 Å². The molecule has 0 aliphatic carbocycles. The van der Waals surface area contributed by atoms with E-state index in [0.717, 1.165) is 5.56 Å². The van der Waals surface area contributed by atoms with Crippen molar-refractivity contribution in [1.82, 2.24) is 0 Å². The van der Waals surface area contributed by atoms with Crippen LogP contribution in [0.25, 0.3) is 0 Å². The van der Waals surface area contributed by atoms with Crippen molar-refractivity contribution in [3.05, 3.63) is 65.5 Å². The highest BCUT2D eigenvalue weighted by Gasteiger charge is 2.03. The molecule has 2 aromatic rings. The Bertz CT molecular complexity index is 549. The first-order chi connectivity index (χ1) is 8.66. The highest BCUT2D eigenvalue weighted by atomic mass is 19.1. The third-order valence-corrected chi connectivity index (χ3v) is 2.73. The number of nitrogens with zero attached hydrogens (tertiary/aromatic N) is 1. The number of aliphatic imine (C=N–C) groups is 1. The monoisotopic (exact) mass is 243 g/mol. The average Bonchev–Trinajstić information content (AvgIpc) is 2.38. The van der Waals surface area contributed by atoms with Crippen molar-refractivity contribution >= 4 is 6.21 Å². The second kappa shape index (κ2) is 5.45. The van der Waals surface area contributed by atoms with E-state index in [4.69, 9.17) is 0 Å². The van der Waals surface area contributed by atoms with E-state index >= 15 is 0 Å². The first-order valence-electron chi connectivity index (χ1n) is 5.73. The quantitative estimate of drug-likeness (QED) is 0.819. The number of aromatic hydroxyl groups is 1. The Balaban J connectivity index is 2.14. The number of rotatable bonds is 3. The summed E-state index contributed by atoms with van der Waals surface area (Å²) >= 11 is 0. The summed E-state index contributed by atoms with van der Waals surface area (Å²) < 4.78 is 12.8. The van der Waals surface area contributed by atoms with Crippen LogP contribution in [0.5, 0.6) is 5.75 Å². The van der Waals surface area contributed by atoms with Crippen LogP contribution in [0.15, 0.2) is 53.5 Å². The van der Waals surface area contributed by atoms with Crippen LogP contribution in [0.4, 0.5) is 4.39 Å². The van der Waals surface area contributed by atoms with Crippen molar-refractivity contribution in [1.29, 1.82) is 0 Å². The van der Waals surface area contributed by atoms with E-state index in [-0.39, 0.29) is 17.6 Å². The van der Waals surface area contributed by atoms with Crippen molar-refractivity contribution in [3.63, 3.8) is 0 Å². The van der Waals surface area contributed by atoms with Crippen LogP contribution in [0.3, 0.4) is 0 Å². The van der Waals surface area contributed by atoms with Gasteiger partial charge >= 0.3 is 0 Å². The van der Waals surface area contributed by atoms with Gasteiger partial charge in [-0.2, -0.15) is 0 Å². The highest BCUT2D eigenvalue weighted by Crippen LogP contribution is 2.18. The van der Waals surface area contributed by atoms with Crippen LogP contribution < -0.4 is 0 Å². The van der Waals surface area contributed by atoms with Crippen molar-refractivity contribution in [2.24, 2.45) is 4.99 Å². The van der Waals surface area contributed by atoms with E-state index in [9.17, 15) is 9.50 Å². The van der Waals surface area contributed by atoms with Gasteiger partial charge in [-0.25, -0.2) is 4.39 Å². The minimum Gasteiger partial charge on any atom is -0.507 e. The largest absolute Gasteiger partial charge is 0.507 e. The molecule has 0 aromatic heterocycles. The fourth-order valence-corrected chi connectivity index (χ4v) is 1.62. The highest BCUT2D eigenvalue weighted by molar-refractivity contribution is 5.83. The standard InChI is InChI=1S/C15H14FNO/c1-11(12-6-8-14(16)9-7-12)17-10-13-4-2-3-5-15(13)18/h2-11,18H,1H3/t11-/m0/s1. The van der Waals surface area contributed by atoms with Crippen LogP contribution >= 0.6 is 0 Å². The van der Waals surface area contributed by atoms with Gasteiger partial charge < -0.3 is 5.11 Å². The SMILES string of the molecule is C[C@H](N=Cc1ccccc1O)c1ccc(F)cc1. The molecule has 0 aliphatic heterocycles. The topological polar surface area (TPSA) is 32.6 Å². The molecule has 92 valence electrons. The van der Waals surface area contributed by atoms with Crippen LogP contribution in [0.2, 0.25) is 0 Å². The smallest absolute Gasteiger partial charge is 0.124 e. The summed E-state index contributed by atoms with van der Waals surface area (Å²) in [6, 6.07) is 13.2. The lowest BCUT2D eigenvalue weighted by atomic mass is 10.1. The zero-order valence-corrected chi connectivity index (χ0v) is 10.0. The van der Waals surface area contributed by atoms with E-state index < -0.39 is 0 Å². The summed E-state index contributed by atoms with van der Waals surface area (Å²) in [6.45, 7) is 1.92. The summed E-state index contributed by atoms with van der Waals surface area (Å²) in [5.41, 5.74) is 1.61. The zero-order chi connectivity index (χ0) is 13.0. The van der Waals surface area contributed by atoms with Crippen molar-refractivity contribution in [3.8, 4) is 5.75 Å². The Morgan fingerprint density at radius 1 is 1.11 bits per heavy atom. The van der Waals surface area contributed by atoms with Gasteiger partial charge in [0.1, 0.15) is 11.6 Å². The van der Waals surface area contributed by atoms with E-state index in [1.807, 2.05) is 13.0 Å². The predicted molar refractivity (Wildman–Crippen MR) is 70.5 cm³/mol. The van der Waals surface area contributed by atoms with Gasteiger partial charge in [0.25, 0.3) is 0 Å². The number of benzene rings is 2. The second-order valence-corrected chi connectivity index (χ2v) is 4.06. The number of hydrogen-bond donors (Lipinski definition) is 1. The Labute approximate surface area is 105 Å². The van der Waals surface area contributed by atoms with Crippen LogP contribution in [-0.2, 0) is 0 Å². The van der Waals surface area contributed by atoms with Crippen molar-refractivity contribution in [2.45, 2.75) is 13.0 Å². The molecule has 0 aliphatic rings. The van der Waals surface area contributed by atoms with Crippen molar-refractivity contribution in [2.75, 3.05) is 0 Å². The van der Waals surface area contributed by atoms with Gasteiger partial charge in [-0.1, -0.05) is 24.3 Å². The molecule has 1 N–H and O–H groups in total. The van der Waals surface area contributed by atoms with Gasteiger partial charge in [0.15, 0.2) is 0 Å². The molecule has 0 saturated heterocycles. The zero-order valence-electron chi connectivity index (χ0n) is 10.0. The van der Waals surface area contributed by atoms with Crippen molar-refractivity contribution < 1.29 is 9.50 Å². The molecule has 0 spiro atoms. The van der Waals surface area contributed by atoms with E-state index in [1.54, 1.807) is 36.5 Å². The van der Waals surface area contributed by atoms with Gasteiger partial charge in [-0.15, -0.1) is 0 Å². The molecule has 0 fully saturated rings. The molecule has 2 nitrogen and oxygen atoms in total.